The lowest BCUT2D eigenvalue weighted by molar-refractivity contribution is -0.942. The van der Waals surface area contributed by atoms with Crippen LogP contribution in [-0.4, -0.2) is 81.8 Å². The molecule has 1 fully saturated rings. The molecular weight excluding hydrogens is 594 g/mol. The highest BCUT2D eigenvalue weighted by molar-refractivity contribution is 6.32. The van der Waals surface area contributed by atoms with E-state index in [4.69, 9.17) is 21.2 Å². The number of ether oxygens (including phenoxy) is 1. The number of rotatable bonds is 13. The van der Waals surface area contributed by atoms with Crippen molar-refractivity contribution in [1.29, 1.82) is 0 Å². The Morgan fingerprint density at radius 2 is 1.95 bits per heavy atom. The van der Waals surface area contributed by atoms with Gasteiger partial charge >= 0.3 is 11.9 Å². The maximum Gasteiger partial charge on any atom is 0.361 e. The number of nitrogens with zero attached hydrogens (tertiary/aromatic N) is 8. The number of benzene rings is 2. The van der Waals surface area contributed by atoms with Crippen LogP contribution >= 0.6 is 11.6 Å². The highest BCUT2D eigenvalue weighted by atomic mass is 35.5. The van der Waals surface area contributed by atoms with E-state index in [1.807, 2.05) is 48.5 Å². The maximum atomic E-state index is 13.1. The highest BCUT2D eigenvalue weighted by Crippen LogP contribution is 2.30. The maximum absolute atomic E-state index is 13.1. The molecule has 0 aliphatic carbocycles. The van der Waals surface area contributed by atoms with E-state index in [1.165, 1.54) is 0 Å². The lowest BCUT2D eigenvalue weighted by Crippen LogP contribution is -2.41. The van der Waals surface area contributed by atoms with Gasteiger partial charge in [0.15, 0.2) is 22.7 Å². The van der Waals surface area contributed by atoms with Crippen LogP contribution in [0.3, 0.4) is 0 Å². The average molecular weight is 625 g/mol. The molecule has 2 aromatic heterocycles. The van der Waals surface area contributed by atoms with Crippen LogP contribution in [0.4, 0.5) is 0 Å². The molecule has 16 heteroatoms. The molecule has 15 nitrogen and oxygen atoms in total. The summed E-state index contributed by atoms with van der Waals surface area (Å²) in [5, 5.41) is 38.1. The number of imidazole rings is 1. The summed E-state index contributed by atoms with van der Waals surface area (Å²) in [6.07, 6.45) is 3.29. The summed E-state index contributed by atoms with van der Waals surface area (Å²) in [5.74, 6) is -0.684. The van der Waals surface area contributed by atoms with Crippen LogP contribution in [0.1, 0.15) is 54.5 Å². The number of aromatic nitrogens is 6. The normalized spacial score (nSPS) is 15.0. The van der Waals surface area contributed by atoms with Gasteiger partial charge in [-0.2, -0.15) is 0 Å². The number of unbranched alkanes of at least 4 members (excludes halogenated alkanes) is 1. The Balaban J connectivity index is 1.30. The number of carbonyl (C=O) groups excluding carboxylic acids is 1. The fourth-order valence-electron chi connectivity index (χ4n) is 5.03. The number of H-pyrrole nitrogens is 1. The lowest BCUT2D eigenvalue weighted by Gasteiger charge is -2.13. The fraction of sp³-hybridized carbons (Fsp3) is 0.357. The zero-order valence-electron chi connectivity index (χ0n) is 23.8. The van der Waals surface area contributed by atoms with Crippen molar-refractivity contribution < 1.29 is 34.4 Å². The van der Waals surface area contributed by atoms with Gasteiger partial charge in [0.2, 0.25) is 0 Å². The predicted octanol–water partition coefficient (Wildman–Crippen LogP) is 4.14. The summed E-state index contributed by atoms with van der Waals surface area (Å²) in [7, 11) is 0. The van der Waals surface area contributed by atoms with Crippen LogP contribution in [-0.2, 0) is 27.3 Å². The third-order valence-electron chi connectivity index (χ3n) is 7.20. The highest BCUT2D eigenvalue weighted by Gasteiger charge is 2.39. The number of aromatic amines is 1. The second-order valence-corrected chi connectivity index (χ2v) is 10.4. The number of halogens is 1. The number of aliphatic carboxylic acids is 1. The van der Waals surface area contributed by atoms with Crippen LogP contribution in [0, 0.1) is 0 Å². The van der Waals surface area contributed by atoms with E-state index < -0.39 is 24.8 Å². The second kappa shape index (κ2) is 13.9. The van der Waals surface area contributed by atoms with E-state index in [0.717, 1.165) is 40.1 Å². The Morgan fingerprint density at radius 1 is 1.18 bits per heavy atom. The molecule has 0 unspecified atom stereocenters. The van der Waals surface area contributed by atoms with Crippen LogP contribution in [0.2, 0.25) is 5.15 Å². The Morgan fingerprint density at radius 3 is 2.66 bits per heavy atom. The summed E-state index contributed by atoms with van der Waals surface area (Å²) in [6, 6.07) is 14.7. The van der Waals surface area contributed by atoms with Crippen LogP contribution in [0.5, 0.6) is 0 Å². The first kappa shape index (κ1) is 30.4. The zero-order chi connectivity index (χ0) is 31.1. The van der Waals surface area contributed by atoms with Crippen molar-refractivity contribution in [1.82, 2.24) is 35.2 Å². The van der Waals surface area contributed by atoms with Crippen molar-refractivity contribution in [3.8, 4) is 22.5 Å². The number of carboxylic acid groups (broad SMARTS) is 1. The van der Waals surface area contributed by atoms with Crippen molar-refractivity contribution >= 4 is 23.5 Å². The zero-order valence-corrected chi connectivity index (χ0v) is 24.6. The molecular formula is C28H31ClN9O6+. The largest absolute Gasteiger partial charge is 0.480 e. The molecule has 0 bridgehead atoms. The summed E-state index contributed by atoms with van der Waals surface area (Å²) in [4.78, 5) is 34.1. The molecule has 2 aromatic carbocycles. The third kappa shape index (κ3) is 6.78. The monoisotopic (exact) mass is 624 g/mol. The molecule has 0 saturated carbocycles. The molecule has 5 rings (SSSR count). The fourth-order valence-corrected chi connectivity index (χ4v) is 5.31. The molecule has 1 aliphatic rings. The van der Waals surface area contributed by atoms with Gasteiger partial charge in [-0.15, -0.1) is 5.10 Å². The van der Waals surface area contributed by atoms with Crippen molar-refractivity contribution in [2.45, 2.75) is 51.6 Å². The molecule has 1 aliphatic heterocycles. The number of hydrogen-bond donors (Lipinski definition) is 3. The standard InChI is InChI=1S/C28H30ClN9O6/c1-2-3-10-23-30-25(29)24(28(41)43-17-44-35-38(42)37-15-6-9-22(37)27(39)40)36(23)16-18-11-13-19(14-12-18)20-7-4-5-8-21(20)26-31-33-34-32-26/h4-5,7-8,11-14,22H,2-3,6,9-10,15-17H2,1H3,(H2-,31,32,33,34,35,39,40,42)/p+1/t22-/m0/s1. The van der Waals surface area contributed by atoms with E-state index in [2.05, 4.69) is 37.8 Å². The minimum Gasteiger partial charge on any atom is -0.480 e. The molecule has 44 heavy (non-hydrogen) atoms. The first-order chi connectivity index (χ1) is 21.4. The van der Waals surface area contributed by atoms with Crippen LogP contribution < -0.4 is 0 Å². The third-order valence-corrected chi connectivity index (χ3v) is 7.46. The number of carbonyl (C=O) groups is 2. The van der Waals surface area contributed by atoms with Gasteiger partial charge in [0.05, 0.1) is 6.54 Å². The van der Waals surface area contributed by atoms with Gasteiger partial charge in [-0.25, -0.2) is 24.9 Å². The van der Waals surface area contributed by atoms with Gasteiger partial charge in [-0.05, 0) is 46.4 Å². The molecule has 4 aromatic rings. The van der Waals surface area contributed by atoms with Crippen molar-refractivity contribution in [3.05, 3.63) is 70.8 Å². The van der Waals surface area contributed by atoms with Crippen molar-refractivity contribution in [2.75, 3.05) is 13.3 Å². The quantitative estimate of drug-likeness (QED) is 0.0485. The molecule has 3 N–H and O–H groups in total. The first-order valence-electron chi connectivity index (χ1n) is 14.0. The van der Waals surface area contributed by atoms with Gasteiger partial charge in [-0.1, -0.05) is 78.5 Å². The number of hydrogen-bond acceptors (Lipinski definition) is 9. The smallest absolute Gasteiger partial charge is 0.361 e. The number of esters is 1. The summed E-state index contributed by atoms with van der Waals surface area (Å²) >= 11 is 6.43. The molecule has 1 atom stereocenters. The van der Waals surface area contributed by atoms with E-state index in [1.54, 1.807) is 4.57 Å². The van der Waals surface area contributed by atoms with Crippen LogP contribution in [0.15, 0.2) is 53.8 Å². The molecule has 1 saturated heterocycles. The molecule has 3 heterocycles. The Kier molecular flexibility index (Phi) is 9.64. The molecule has 0 radical (unpaired) electrons. The van der Waals surface area contributed by atoms with Gasteiger partial charge in [0.25, 0.3) is 17.0 Å². The average Bonchev–Trinajstić information content (AvgIpc) is 3.80. The van der Waals surface area contributed by atoms with Crippen molar-refractivity contribution in [2.24, 2.45) is 5.28 Å². The SMILES string of the molecule is CCCCc1nc(Cl)c(C(=O)OCO/N=[N+](\O)N2CCC[C@H]2C(=O)O)n1Cc1ccc(-c2ccccc2-c2nnn[nH]2)cc1. The van der Waals surface area contributed by atoms with E-state index in [-0.39, 0.29) is 17.4 Å². The second-order valence-electron chi connectivity index (χ2n) is 10.0. The predicted molar refractivity (Wildman–Crippen MR) is 153 cm³/mol. The van der Waals surface area contributed by atoms with Crippen LogP contribution in [0.25, 0.3) is 22.5 Å². The minimum absolute atomic E-state index is 0.00518. The number of nitrogens with one attached hydrogen (secondary N) is 1. The number of hydrazine groups is 1. The first-order valence-corrected chi connectivity index (χ1v) is 14.4. The van der Waals surface area contributed by atoms with E-state index >= 15 is 0 Å². The van der Waals surface area contributed by atoms with E-state index in [0.29, 0.717) is 42.4 Å². The van der Waals surface area contributed by atoms with E-state index in [9.17, 15) is 19.9 Å². The minimum atomic E-state index is -1.09. The Labute approximate surface area is 256 Å². The molecule has 230 valence electrons. The topological polar surface area (TPSA) is 184 Å². The Hall–Kier alpha value is -5.05. The van der Waals surface area contributed by atoms with Gasteiger partial charge < -0.3 is 14.4 Å². The summed E-state index contributed by atoms with van der Waals surface area (Å²) in [5.41, 5.74) is 3.72. The molecule has 0 amide bonds. The summed E-state index contributed by atoms with van der Waals surface area (Å²) in [6.45, 7) is 1.99. The Bertz CT molecular complexity index is 1620. The number of tetrazole rings is 1. The summed E-state index contributed by atoms with van der Waals surface area (Å²) < 4.78 is 6.95. The van der Waals surface area contributed by atoms with Gasteiger partial charge in [0.1, 0.15) is 5.82 Å². The van der Waals surface area contributed by atoms with Gasteiger partial charge in [-0.3, -0.25) is 4.84 Å². The molecule has 0 spiro atoms. The van der Waals surface area contributed by atoms with Gasteiger partial charge in [0, 0.05) is 18.5 Å². The lowest BCUT2D eigenvalue weighted by atomic mass is 9.98. The number of carboxylic acids is 1. The van der Waals surface area contributed by atoms with Crippen molar-refractivity contribution in [3.63, 3.8) is 0 Å². The number of aryl methyl sites for hydroxylation is 1.